The van der Waals surface area contributed by atoms with E-state index in [-0.39, 0.29) is 11.5 Å². The maximum atomic E-state index is 12.0. The summed E-state index contributed by atoms with van der Waals surface area (Å²) in [7, 11) is 1.59. The van der Waals surface area contributed by atoms with E-state index in [1.807, 2.05) is 24.3 Å². The molecule has 0 bridgehead atoms. The summed E-state index contributed by atoms with van der Waals surface area (Å²) in [6, 6.07) is 13.3. The minimum absolute atomic E-state index is 0.0899. The van der Waals surface area contributed by atoms with E-state index < -0.39 is 5.97 Å². The lowest BCUT2D eigenvalue weighted by Gasteiger charge is -2.07. The average molecular weight is 285 g/mol. The normalized spacial score (nSPS) is 9.95. The highest BCUT2D eigenvalue weighted by Gasteiger charge is 2.09. The number of nitrogens with one attached hydrogen (secondary N) is 1. The minimum Gasteiger partial charge on any atom is -0.497 e. The highest BCUT2D eigenvalue weighted by Crippen LogP contribution is 2.11. The van der Waals surface area contributed by atoms with Gasteiger partial charge in [0.05, 0.1) is 12.7 Å². The monoisotopic (exact) mass is 285 g/mol. The molecule has 0 atom stereocenters. The molecule has 0 radical (unpaired) electrons. The molecular formula is C16H15NO4. The van der Waals surface area contributed by atoms with Gasteiger partial charge in [0.15, 0.2) is 0 Å². The van der Waals surface area contributed by atoms with E-state index in [4.69, 9.17) is 9.84 Å². The van der Waals surface area contributed by atoms with Gasteiger partial charge in [-0.25, -0.2) is 4.79 Å². The van der Waals surface area contributed by atoms with Gasteiger partial charge in [-0.15, -0.1) is 0 Å². The van der Waals surface area contributed by atoms with Crippen LogP contribution in [-0.2, 0) is 6.54 Å². The van der Waals surface area contributed by atoms with Crippen LogP contribution in [0.15, 0.2) is 48.5 Å². The molecule has 21 heavy (non-hydrogen) atoms. The summed E-state index contributed by atoms with van der Waals surface area (Å²) < 4.78 is 5.06. The molecule has 0 aliphatic carbocycles. The highest BCUT2D eigenvalue weighted by molar-refractivity contribution is 5.97. The van der Waals surface area contributed by atoms with Gasteiger partial charge >= 0.3 is 5.97 Å². The van der Waals surface area contributed by atoms with E-state index in [0.29, 0.717) is 12.1 Å². The fourth-order valence-electron chi connectivity index (χ4n) is 1.82. The number of ether oxygens (including phenoxy) is 1. The van der Waals surface area contributed by atoms with Crippen molar-refractivity contribution in [2.75, 3.05) is 7.11 Å². The molecule has 2 N–H and O–H groups in total. The third-order valence-corrected chi connectivity index (χ3v) is 2.98. The number of rotatable bonds is 5. The van der Waals surface area contributed by atoms with E-state index in [1.54, 1.807) is 19.2 Å². The Labute approximate surface area is 122 Å². The molecule has 2 aromatic rings. The largest absolute Gasteiger partial charge is 0.497 e. The van der Waals surface area contributed by atoms with E-state index in [9.17, 15) is 9.59 Å². The number of aromatic carboxylic acids is 1. The maximum Gasteiger partial charge on any atom is 0.335 e. The molecule has 0 spiro atoms. The number of hydrogen-bond donors (Lipinski definition) is 2. The maximum absolute atomic E-state index is 12.0. The predicted molar refractivity (Wildman–Crippen MR) is 77.6 cm³/mol. The van der Waals surface area contributed by atoms with Crippen LogP contribution in [0.25, 0.3) is 0 Å². The number of benzene rings is 2. The van der Waals surface area contributed by atoms with Crippen LogP contribution in [0.2, 0.25) is 0 Å². The van der Waals surface area contributed by atoms with Crippen LogP contribution in [0.3, 0.4) is 0 Å². The van der Waals surface area contributed by atoms with Crippen LogP contribution in [0.1, 0.15) is 26.3 Å². The van der Waals surface area contributed by atoms with Crippen molar-refractivity contribution in [3.8, 4) is 5.75 Å². The highest BCUT2D eigenvalue weighted by atomic mass is 16.5. The Hall–Kier alpha value is -2.82. The lowest BCUT2D eigenvalue weighted by molar-refractivity contribution is 0.0697. The Morgan fingerprint density at radius 2 is 1.76 bits per heavy atom. The molecule has 5 nitrogen and oxygen atoms in total. The Morgan fingerprint density at radius 3 is 2.38 bits per heavy atom. The summed E-state index contributed by atoms with van der Waals surface area (Å²) in [6.45, 7) is 0.361. The second-order valence-electron chi connectivity index (χ2n) is 4.42. The van der Waals surface area contributed by atoms with E-state index in [1.165, 1.54) is 12.1 Å². The molecule has 0 aliphatic heterocycles. The second kappa shape index (κ2) is 6.56. The van der Waals surface area contributed by atoms with E-state index in [0.717, 1.165) is 11.3 Å². The molecule has 0 saturated heterocycles. The van der Waals surface area contributed by atoms with Crippen molar-refractivity contribution in [3.63, 3.8) is 0 Å². The van der Waals surface area contributed by atoms with Crippen LogP contribution in [0.5, 0.6) is 5.75 Å². The van der Waals surface area contributed by atoms with Gasteiger partial charge in [0, 0.05) is 12.1 Å². The molecule has 0 heterocycles. The third-order valence-electron chi connectivity index (χ3n) is 2.98. The number of methoxy groups -OCH3 is 1. The first-order chi connectivity index (χ1) is 10.1. The van der Waals surface area contributed by atoms with Crippen molar-refractivity contribution in [3.05, 3.63) is 65.2 Å². The molecule has 0 saturated carbocycles. The number of carbonyl (C=O) groups is 2. The Morgan fingerprint density at radius 1 is 1.10 bits per heavy atom. The summed E-state index contributed by atoms with van der Waals surface area (Å²) in [6.07, 6.45) is 0. The summed E-state index contributed by atoms with van der Waals surface area (Å²) in [5.41, 5.74) is 1.34. The van der Waals surface area contributed by atoms with Gasteiger partial charge in [0.2, 0.25) is 0 Å². The first-order valence-electron chi connectivity index (χ1n) is 6.34. The third kappa shape index (κ3) is 3.82. The second-order valence-corrected chi connectivity index (χ2v) is 4.42. The SMILES string of the molecule is COc1ccc(CNC(=O)c2cccc(C(=O)O)c2)cc1. The van der Waals surface area contributed by atoms with Crippen molar-refractivity contribution >= 4 is 11.9 Å². The number of carboxylic acid groups (broad SMARTS) is 1. The molecule has 5 heteroatoms. The first kappa shape index (κ1) is 14.6. The Bertz CT molecular complexity index is 650. The zero-order valence-electron chi connectivity index (χ0n) is 11.5. The van der Waals surface area contributed by atoms with Gasteiger partial charge in [0.1, 0.15) is 5.75 Å². The van der Waals surface area contributed by atoms with Crippen LogP contribution >= 0.6 is 0 Å². The molecule has 108 valence electrons. The van der Waals surface area contributed by atoms with Crippen molar-refractivity contribution in [2.45, 2.75) is 6.54 Å². The average Bonchev–Trinajstić information content (AvgIpc) is 2.53. The zero-order chi connectivity index (χ0) is 15.2. The molecule has 0 aliphatic rings. The van der Waals surface area contributed by atoms with Gasteiger partial charge in [-0.1, -0.05) is 18.2 Å². The molecule has 2 rings (SSSR count). The lowest BCUT2D eigenvalue weighted by atomic mass is 10.1. The van der Waals surface area contributed by atoms with Gasteiger partial charge < -0.3 is 15.2 Å². The quantitative estimate of drug-likeness (QED) is 0.884. The summed E-state index contributed by atoms with van der Waals surface area (Å²) in [5, 5.41) is 11.7. The standard InChI is InChI=1S/C16H15NO4/c1-21-14-7-5-11(6-8-14)10-17-15(18)12-3-2-4-13(9-12)16(19)20/h2-9H,10H2,1H3,(H,17,18)(H,19,20). The van der Waals surface area contributed by atoms with Gasteiger partial charge in [-0.3, -0.25) is 4.79 Å². The predicted octanol–water partition coefficient (Wildman–Crippen LogP) is 2.32. The first-order valence-corrected chi connectivity index (χ1v) is 6.34. The molecule has 2 aromatic carbocycles. The molecule has 0 aromatic heterocycles. The molecular weight excluding hydrogens is 270 g/mol. The van der Waals surface area contributed by atoms with Crippen LogP contribution in [0.4, 0.5) is 0 Å². The van der Waals surface area contributed by atoms with Crippen LogP contribution in [-0.4, -0.2) is 24.1 Å². The lowest BCUT2D eigenvalue weighted by Crippen LogP contribution is -2.23. The minimum atomic E-state index is -1.06. The zero-order valence-corrected chi connectivity index (χ0v) is 11.5. The van der Waals surface area contributed by atoms with Crippen molar-refractivity contribution in [1.29, 1.82) is 0 Å². The number of hydrogen-bond acceptors (Lipinski definition) is 3. The molecule has 0 fully saturated rings. The number of carboxylic acids is 1. The number of carbonyl (C=O) groups excluding carboxylic acids is 1. The van der Waals surface area contributed by atoms with Crippen molar-refractivity contribution < 1.29 is 19.4 Å². The fraction of sp³-hybridized carbons (Fsp3) is 0.125. The van der Waals surface area contributed by atoms with Crippen LogP contribution < -0.4 is 10.1 Å². The van der Waals surface area contributed by atoms with Crippen molar-refractivity contribution in [1.82, 2.24) is 5.32 Å². The topological polar surface area (TPSA) is 75.6 Å². The van der Waals surface area contributed by atoms with Gasteiger partial charge in [-0.05, 0) is 35.9 Å². The number of amides is 1. The fourth-order valence-corrected chi connectivity index (χ4v) is 1.82. The summed E-state index contributed by atoms with van der Waals surface area (Å²) >= 11 is 0. The van der Waals surface area contributed by atoms with E-state index in [2.05, 4.69) is 5.32 Å². The summed E-state index contributed by atoms with van der Waals surface area (Å²) in [5.74, 6) is -0.618. The Balaban J connectivity index is 2.00. The van der Waals surface area contributed by atoms with Crippen LogP contribution in [0, 0.1) is 0 Å². The molecule has 1 amide bonds. The van der Waals surface area contributed by atoms with Crippen molar-refractivity contribution in [2.24, 2.45) is 0 Å². The van der Waals surface area contributed by atoms with Gasteiger partial charge in [-0.2, -0.15) is 0 Å². The smallest absolute Gasteiger partial charge is 0.335 e. The molecule has 0 unspecified atom stereocenters. The van der Waals surface area contributed by atoms with Gasteiger partial charge in [0.25, 0.3) is 5.91 Å². The Kier molecular flexibility index (Phi) is 4.56. The summed E-state index contributed by atoms with van der Waals surface area (Å²) in [4.78, 5) is 22.9. The van der Waals surface area contributed by atoms with E-state index >= 15 is 0 Å².